The van der Waals surface area contributed by atoms with E-state index in [0.29, 0.717) is 48.1 Å². The van der Waals surface area contributed by atoms with Crippen molar-refractivity contribution in [1.82, 2.24) is 24.6 Å². The highest BCUT2D eigenvalue weighted by Gasteiger charge is 2.34. The number of nitrogens with zero attached hydrogens (tertiary/aromatic N) is 5. The summed E-state index contributed by atoms with van der Waals surface area (Å²) in [6, 6.07) is 21.5. The predicted octanol–water partition coefficient (Wildman–Crippen LogP) is 6.42. The molecule has 0 unspecified atom stereocenters. The Labute approximate surface area is 277 Å². The van der Waals surface area contributed by atoms with Crippen molar-refractivity contribution in [2.45, 2.75) is 76.7 Å². The summed E-state index contributed by atoms with van der Waals surface area (Å²) < 4.78 is 2.03. The van der Waals surface area contributed by atoms with Crippen LogP contribution in [0.15, 0.2) is 73.1 Å². The van der Waals surface area contributed by atoms with E-state index < -0.39 is 0 Å². The molecule has 47 heavy (non-hydrogen) atoms. The lowest BCUT2D eigenvalue weighted by Gasteiger charge is -2.31. The van der Waals surface area contributed by atoms with Gasteiger partial charge in [0.1, 0.15) is 12.1 Å². The second kappa shape index (κ2) is 14.2. The van der Waals surface area contributed by atoms with Gasteiger partial charge in [-0.1, -0.05) is 61.7 Å². The predicted molar refractivity (Wildman–Crippen MR) is 182 cm³/mol. The molecule has 8 nitrogen and oxygen atoms in total. The van der Waals surface area contributed by atoms with Crippen LogP contribution in [0.3, 0.4) is 0 Å². The number of phenolic OH excluding ortho intramolecular Hbond substituents is 1. The molecule has 1 N–H and O–H groups in total. The number of carbonyl (C=O) groups excluding carboxylic acids is 2. The first-order chi connectivity index (χ1) is 23.0. The van der Waals surface area contributed by atoms with Gasteiger partial charge in [0.05, 0.1) is 11.1 Å². The Balaban J connectivity index is 0.840. The zero-order valence-corrected chi connectivity index (χ0v) is 27.2. The van der Waals surface area contributed by atoms with Gasteiger partial charge in [-0.2, -0.15) is 5.10 Å². The topological polar surface area (TPSA) is 91.6 Å². The van der Waals surface area contributed by atoms with E-state index in [4.69, 9.17) is 5.10 Å². The number of hydrogen-bond acceptors (Lipinski definition) is 6. The number of fused-ring (bicyclic) bond motifs is 1. The second-order valence-electron chi connectivity index (χ2n) is 13.7. The Morgan fingerprint density at radius 3 is 2.11 bits per heavy atom. The summed E-state index contributed by atoms with van der Waals surface area (Å²) in [5, 5.41) is 15.0. The molecule has 2 amide bonds. The number of likely N-dealkylation sites (tertiary alicyclic amines) is 1. The molecule has 1 aliphatic carbocycles. The van der Waals surface area contributed by atoms with Crippen LogP contribution in [0.2, 0.25) is 0 Å². The maximum atomic E-state index is 12.6. The number of rotatable bonds is 11. The van der Waals surface area contributed by atoms with Crippen molar-refractivity contribution in [2.75, 3.05) is 26.2 Å². The standard InChI is InChI=1S/C39H45N5O3/c45-33-15-14-32(36(25-33)31-6-2-1-3-7-31)24-37-40-27-43(41-37)26-30-17-21-42(22-18-30)20-16-28-10-12-29(13-11-28)19-23-44-38(46)34-8-4-5-9-35(34)39(44)47/h4-5,8-15,25,27,30-31,45H,1-3,6-7,16-24,26H2. The van der Waals surface area contributed by atoms with Gasteiger partial charge in [0.2, 0.25) is 0 Å². The van der Waals surface area contributed by atoms with E-state index in [1.807, 2.05) is 17.1 Å². The smallest absolute Gasteiger partial charge is 0.261 e. The third-order valence-electron chi connectivity index (χ3n) is 10.5. The number of aromatic hydroxyl groups is 1. The van der Waals surface area contributed by atoms with Crippen molar-refractivity contribution in [1.29, 1.82) is 0 Å². The molecule has 1 saturated heterocycles. The Hall–Kier alpha value is -4.30. The molecule has 0 radical (unpaired) electrons. The average Bonchev–Trinajstić information content (AvgIpc) is 3.65. The number of aromatic nitrogens is 3. The van der Waals surface area contributed by atoms with E-state index in [2.05, 4.69) is 40.2 Å². The van der Waals surface area contributed by atoms with Crippen LogP contribution in [0.1, 0.15) is 99.7 Å². The van der Waals surface area contributed by atoms with Crippen molar-refractivity contribution in [3.05, 3.63) is 112 Å². The molecule has 3 heterocycles. The van der Waals surface area contributed by atoms with Crippen molar-refractivity contribution in [2.24, 2.45) is 5.92 Å². The van der Waals surface area contributed by atoms with Gasteiger partial charge in [0.25, 0.3) is 11.8 Å². The van der Waals surface area contributed by atoms with Gasteiger partial charge in [-0.05, 0) is 110 Å². The van der Waals surface area contributed by atoms with Gasteiger partial charge < -0.3 is 10.0 Å². The van der Waals surface area contributed by atoms with Crippen LogP contribution in [0.4, 0.5) is 0 Å². The first-order valence-electron chi connectivity index (χ1n) is 17.5. The van der Waals surface area contributed by atoms with Crippen LogP contribution >= 0.6 is 0 Å². The van der Waals surface area contributed by atoms with Crippen LogP contribution in [0.25, 0.3) is 0 Å². The lowest BCUT2D eigenvalue weighted by molar-refractivity contribution is 0.0656. The minimum absolute atomic E-state index is 0.189. The maximum absolute atomic E-state index is 12.6. The number of piperidine rings is 1. The maximum Gasteiger partial charge on any atom is 0.261 e. The molecule has 2 aliphatic heterocycles. The Morgan fingerprint density at radius 2 is 1.43 bits per heavy atom. The summed E-state index contributed by atoms with van der Waals surface area (Å²) >= 11 is 0. The highest BCUT2D eigenvalue weighted by molar-refractivity contribution is 6.21. The number of hydrogen-bond donors (Lipinski definition) is 1. The molecule has 4 aromatic rings. The SMILES string of the molecule is O=C1c2ccccc2C(=O)N1CCc1ccc(CCN2CCC(Cn3cnc(Cc4ccc(O)cc4C4CCCCC4)n3)CC2)cc1. The third-order valence-corrected chi connectivity index (χ3v) is 10.5. The Morgan fingerprint density at radius 1 is 0.766 bits per heavy atom. The van der Waals surface area contributed by atoms with Crippen LogP contribution in [0, 0.1) is 5.92 Å². The Kier molecular flexibility index (Phi) is 9.47. The molecule has 2 fully saturated rings. The molecular formula is C39H45N5O3. The van der Waals surface area contributed by atoms with E-state index in [0.717, 1.165) is 56.8 Å². The van der Waals surface area contributed by atoms with Crippen molar-refractivity contribution in [3.63, 3.8) is 0 Å². The van der Waals surface area contributed by atoms with E-state index >= 15 is 0 Å². The molecule has 8 heteroatoms. The summed E-state index contributed by atoms with van der Waals surface area (Å²) in [5.74, 6) is 1.97. The quantitative estimate of drug-likeness (QED) is 0.192. The van der Waals surface area contributed by atoms with Crippen LogP contribution in [-0.4, -0.2) is 67.7 Å². The van der Waals surface area contributed by atoms with Gasteiger partial charge in [0, 0.05) is 26.1 Å². The molecule has 0 atom stereocenters. The number of amides is 2. The summed E-state index contributed by atoms with van der Waals surface area (Å²) in [6.07, 6.45) is 12.9. The van der Waals surface area contributed by atoms with Gasteiger partial charge in [0.15, 0.2) is 5.82 Å². The lowest BCUT2D eigenvalue weighted by Crippen LogP contribution is -2.36. The van der Waals surface area contributed by atoms with Gasteiger partial charge in [-0.3, -0.25) is 19.2 Å². The summed E-state index contributed by atoms with van der Waals surface area (Å²) in [5.41, 5.74) is 5.99. The van der Waals surface area contributed by atoms with E-state index in [-0.39, 0.29) is 11.8 Å². The highest BCUT2D eigenvalue weighted by atomic mass is 16.3. The monoisotopic (exact) mass is 631 g/mol. The first kappa shape index (κ1) is 31.3. The van der Waals surface area contributed by atoms with Gasteiger partial charge >= 0.3 is 0 Å². The fourth-order valence-corrected chi connectivity index (χ4v) is 7.71. The fraction of sp³-hybridized carbons (Fsp3) is 0.436. The molecular weight excluding hydrogens is 586 g/mol. The molecule has 7 rings (SSSR count). The molecule has 1 saturated carbocycles. The van der Waals surface area contributed by atoms with Crippen molar-refractivity contribution >= 4 is 11.8 Å². The molecule has 244 valence electrons. The van der Waals surface area contributed by atoms with E-state index in [1.165, 1.54) is 53.7 Å². The van der Waals surface area contributed by atoms with E-state index in [1.54, 1.807) is 30.3 Å². The number of phenols is 1. The normalized spacial score (nSPS) is 17.8. The minimum Gasteiger partial charge on any atom is -0.508 e. The third kappa shape index (κ3) is 7.33. The summed E-state index contributed by atoms with van der Waals surface area (Å²) in [7, 11) is 0. The lowest BCUT2D eigenvalue weighted by atomic mass is 9.81. The highest BCUT2D eigenvalue weighted by Crippen LogP contribution is 2.36. The molecule has 3 aliphatic rings. The van der Waals surface area contributed by atoms with Crippen LogP contribution in [-0.2, 0) is 25.8 Å². The number of benzene rings is 3. The average molecular weight is 632 g/mol. The number of imide groups is 1. The molecule has 1 aromatic heterocycles. The van der Waals surface area contributed by atoms with E-state index in [9.17, 15) is 14.7 Å². The largest absolute Gasteiger partial charge is 0.508 e. The van der Waals surface area contributed by atoms with Crippen LogP contribution < -0.4 is 0 Å². The Bertz CT molecular complexity index is 1660. The first-order valence-corrected chi connectivity index (χ1v) is 17.5. The molecule has 0 bridgehead atoms. The fourth-order valence-electron chi connectivity index (χ4n) is 7.71. The van der Waals surface area contributed by atoms with Crippen molar-refractivity contribution in [3.8, 4) is 5.75 Å². The van der Waals surface area contributed by atoms with Crippen molar-refractivity contribution < 1.29 is 14.7 Å². The zero-order chi connectivity index (χ0) is 32.2. The minimum atomic E-state index is -0.189. The summed E-state index contributed by atoms with van der Waals surface area (Å²) in [6.45, 7) is 4.56. The van der Waals surface area contributed by atoms with Gasteiger partial charge in [-0.25, -0.2) is 4.98 Å². The molecule has 3 aromatic carbocycles. The number of carbonyl (C=O) groups is 2. The van der Waals surface area contributed by atoms with Crippen LogP contribution in [0.5, 0.6) is 5.75 Å². The second-order valence-corrected chi connectivity index (χ2v) is 13.7. The summed E-state index contributed by atoms with van der Waals surface area (Å²) in [4.78, 5) is 33.9. The van der Waals surface area contributed by atoms with Gasteiger partial charge in [-0.15, -0.1) is 0 Å². The molecule has 0 spiro atoms. The zero-order valence-electron chi connectivity index (χ0n) is 27.2.